The molecule has 0 fully saturated rings. The second-order valence-electron chi connectivity index (χ2n) is 4.81. The van der Waals surface area contributed by atoms with Gasteiger partial charge in [-0.1, -0.05) is 24.3 Å². The Morgan fingerprint density at radius 1 is 1.45 bits per heavy atom. The first-order valence-electron chi connectivity index (χ1n) is 6.77. The van der Waals surface area contributed by atoms with Gasteiger partial charge in [-0.3, -0.25) is 9.69 Å². The smallest absolute Gasteiger partial charge is 0.317 e. The lowest BCUT2D eigenvalue weighted by Crippen LogP contribution is -2.29. The van der Waals surface area contributed by atoms with Crippen LogP contribution in [0.1, 0.15) is 12.5 Å². The molecule has 0 aliphatic rings. The van der Waals surface area contributed by atoms with Gasteiger partial charge in [-0.15, -0.1) is 6.58 Å². The first-order chi connectivity index (χ1) is 9.65. The van der Waals surface area contributed by atoms with E-state index in [9.17, 15) is 4.79 Å². The fraction of sp³-hybridized carbons (Fsp3) is 0.312. The molecule has 0 aliphatic carbocycles. The number of hydrogen-bond acceptors (Lipinski definition) is 2. The Kier molecular flexibility index (Phi) is 4.58. The molecule has 1 aromatic carbocycles. The SMILES string of the molecule is C=CCN(CC(=O)O)Cc1cn(CC)c2ccccc12. The van der Waals surface area contributed by atoms with Gasteiger partial charge in [0.1, 0.15) is 0 Å². The number of fused-ring (bicyclic) bond motifs is 1. The molecule has 106 valence electrons. The van der Waals surface area contributed by atoms with Crippen LogP contribution in [-0.4, -0.2) is 33.6 Å². The zero-order chi connectivity index (χ0) is 14.5. The average Bonchev–Trinajstić information content (AvgIpc) is 2.77. The van der Waals surface area contributed by atoms with E-state index in [4.69, 9.17) is 5.11 Å². The summed E-state index contributed by atoms with van der Waals surface area (Å²) < 4.78 is 2.19. The second kappa shape index (κ2) is 6.39. The van der Waals surface area contributed by atoms with Crippen LogP contribution < -0.4 is 0 Å². The summed E-state index contributed by atoms with van der Waals surface area (Å²) in [4.78, 5) is 12.8. The van der Waals surface area contributed by atoms with Gasteiger partial charge in [0, 0.05) is 36.7 Å². The van der Waals surface area contributed by atoms with E-state index in [1.54, 1.807) is 6.08 Å². The van der Waals surface area contributed by atoms with Gasteiger partial charge in [0.05, 0.1) is 6.54 Å². The summed E-state index contributed by atoms with van der Waals surface area (Å²) >= 11 is 0. The molecule has 1 N–H and O–H groups in total. The highest BCUT2D eigenvalue weighted by Crippen LogP contribution is 2.22. The summed E-state index contributed by atoms with van der Waals surface area (Å²) in [5, 5.41) is 10.2. The predicted octanol–water partition coefficient (Wildman–Crippen LogP) is 2.73. The molecule has 0 atom stereocenters. The van der Waals surface area contributed by atoms with Crippen LogP contribution in [0, 0.1) is 0 Å². The highest BCUT2D eigenvalue weighted by Gasteiger charge is 2.13. The summed E-state index contributed by atoms with van der Waals surface area (Å²) in [6.07, 6.45) is 3.85. The molecule has 1 heterocycles. The van der Waals surface area contributed by atoms with E-state index < -0.39 is 5.97 Å². The van der Waals surface area contributed by atoms with E-state index in [-0.39, 0.29) is 6.54 Å². The summed E-state index contributed by atoms with van der Waals surface area (Å²) in [5.74, 6) is -0.814. The van der Waals surface area contributed by atoms with Crippen LogP contribution in [0.25, 0.3) is 10.9 Å². The lowest BCUT2D eigenvalue weighted by molar-refractivity contribution is -0.138. The molecule has 0 unspecified atom stereocenters. The topological polar surface area (TPSA) is 45.5 Å². The maximum atomic E-state index is 10.9. The van der Waals surface area contributed by atoms with E-state index in [1.165, 1.54) is 10.9 Å². The molecule has 4 heteroatoms. The van der Waals surface area contributed by atoms with Crippen molar-refractivity contribution in [3.05, 3.63) is 48.7 Å². The van der Waals surface area contributed by atoms with Crippen LogP contribution in [0.5, 0.6) is 0 Å². The van der Waals surface area contributed by atoms with Crippen molar-refractivity contribution in [3.63, 3.8) is 0 Å². The molecule has 0 spiro atoms. The average molecular weight is 272 g/mol. The van der Waals surface area contributed by atoms with Crippen LogP contribution in [0.4, 0.5) is 0 Å². The molecule has 0 amide bonds. The Labute approximate surface area is 118 Å². The molecular weight excluding hydrogens is 252 g/mol. The first-order valence-corrected chi connectivity index (χ1v) is 6.77. The van der Waals surface area contributed by atoms with Crippen molar-refractivity contribution in [2.45, 2.75) is 20.0 Å². The molecule has 20 heavy (non-hydrogen) atoms. The molecule has 0 radical (unpaired) electrons. The zero-order valence-corrected chi connectivity index (χ0v) is 11.7. The Morgan fingerprint density at radius 3 is 2.85 bits per heavy atom. The zero-order valence-electron chi connectivity index (χ0n) is 11.7. The van der Waals surface area contributed by atoms with Crippen molar-refractivity contribution >= 4 is 16.9 Å². The number of aliphatic carboxylic acids is 1. The molecular formula is C16H20N2O2. The third-order valence-electron chi connectivity index (χ3n) is 3.35. The monoisotopic (exact) mass is 272 g/mol. The van der Waals surface area contributed by atoms with Gasteiger partial charge in [0.15, 0.2) is 0 Å². The van der Waals surface area contributed by atoms with Crippen LogP contribution in [0.2, 0.25) is 0 Å². The number of benzene rings is 1. The highest BCUT2D eigenvalue weighted by atomic mass is 16.4. The van der Waals surface area contributed by atoms with Gasteiger partial charge < -0.3 is 9.67 Å². The number of aryl methyl sites for hydroxylation is 1. The molecule has 0 aliphatic heterocycles. The Morgan fingerprint density at radius 2 is 2.20 bits per heavy atom. The minimum atomic E-state index is -0.814. The van der Waals surface area contributed by atoms with Crippen LogP contribution in [0.15, 0.2) is 43.1 Å². The number of hydrogen-bond donors (Lipinski definition) is 1. The number of rotatable bonds is 7. The minimum Gasteiger partial charge on any atom is -0.480 e. The summed E-state index contributed by atoms with van der Waals surface area (Å²) in [6, 6.07) is 8.22. The van der Waals surface area contributed by atoms with E-state index in [2.05, 4.69) is 36.4 Å². The van der Waals surface area contributed by atoms with Crippen LogP contribution in [0.3, 0.4) is 0 Å². The maximum Gasteiger partial charge on any atom is 0.317 e. The van der Waals surface area contributed by atoms with Crippen LogP contribution >= 0.6 is 0 Å². The minimum absolute atomic E-state index is 0.0254. The number of nitrogens with zero attached hydrogens (tertiary/aromatic N) is 2. The molecule has 2 aromatic rings. The number of carboxylic acids is 1. The van der Waals surface area contributed by atoms with Crippen LogP contribution in [-0.2, 0) is 17.9 Å². The van der Waals surface area contributed by atoms with Gasteiger partial charge in [0.2, 0.25) is 0 Å². The number of carboxylic acid groups (broad SMARTS) is 1. The van der Waals surface area contributed by atoms with Gasteiger partial charge in [-0.25, -0.2) is 0 Å². The van der Waals surface area contributed by atoms with E-state index in [0.29, 0.717) is 13.1 Å². The quantitative estimate of drug-likeness (QED) is 0.788. The summed E-state index contributed by atoms with van der Waals surface area (Å²) in [5.41, 5.74) is 2.35. The third-order valence-corrected chi connectivity index (χ3v) is 3.35. The van der Waals surface area contributed by atoms with Gasteiger partial charge in [0.25, 0.3) is 0 Å². The summed E-state index contributed by atoms with van der Waals surface area (Å²) in [6.45, 7) is 7.91. The number of aromatic nitrogens is 1. The predicted molar refractivity (Wildman–Crippen MR) is 80.7 cm³/mol. The fourth-order valence-corrected chi connectivity index (χ4v) is 2.51. The van der Waals surface area contributed by atoms with Gasteiger partial charge in [-0.05, 0) is 18.6 Å². The second-order valence-corrected chi connectivity index (χ2v) is 4.81. The maximum absolute atomic E-state index is 10.9. The van der Waals surface area contributed by atoms with Crippen molar-refractivity contribution < 1.29 is 9.90 Å². The van der Waals surface area contributed by atoms with Gasteiger partial charge >= 0.3 is 5.97 Å². The van der Waals surface area contributed by atoms with Crippen molar-refractivity contribution in [2.24, 2.45) is 0 Å². The van der Waals surface area contributed by atoms with Gasteiger partial charge in [-0.2, -0.15) is 0 Å². The van der Waals surface area contributed by atoms with Crippen molar-refractivity contribution in [3.8, 4) is 0 Å². The van der Waals surface area contributed by atoms with Crippen molar-refractivity contribution in [1.29, 1.82) is 0 Å². The first kappa shape index (κ1) is 14.3. The Hall–Kier alpha value is -2.07. The Bertz CT molecular complexity index is 616. The summed E-state index contributed by atoms with van der Waals surface area (Å²) in [7, 11) is 0. The normalized spacial score (nSPS) is 11.1. The molecule has 1 aromatic heterocycles. The lowest BCUT2D eigenvalue weighted by atomic mass is 10.1. The molecule has 4 nitrogen and oxygen atoms in total. The van der Waals surface area contributed by atoms with E-state index in [1.807, 2.05) is 17.0 Å². The third kappa shape index (κ3) is 3.08. The van der Waals surface area contributed by atoms with E-state index >= 15 is 0 Å². The fourth-order valence-electron chi connectivity index (χ4n) is 2.51. The van der Waals surface area contributed by atoms with E-state index in [0.717, 1.165) is 12.1 Å². The standard InChI is InChI=1S/C16H20N2O2/c1-3-9-17(12-16(19)20)10-13-11-18(4-2)15-8-6-5-7-14(13)15/h3,5-8,11H,1,4,9-10,12H2,2H3,(H,19,20). The molecule has 0 saturated heterocycles. The highest BCUT2D eigenvalue weighted by molar-refractivity contribution is 5.84. The molecule has 2 rings (SSSR count). The number of para-hydroxylation sites is 1. The lowest BCUT2D eigenvalue weighted by Gasteiger charge is -2.17. The Balaban J connectivity index is 2.31. The van der Waals surface area contributed by atoms with Crippen molar-refractivity contribution in [1.82, 2.24) is 9.47 Å². The van der Waals surface area contributed by atoms with Crippen molar-refractivity contribution in [2.75, 3.05) is 13.1 Å². The molecule has 0 bridgehead atoms. The molecule has 0 saturated carbocycles. The number of carbonyl (C=O) groups is 1. The largest absolute Gasteiger partial charge is 0.480 e.